The molecule has 1 unspecified atom stereocenters. The van der Waals surface area contributed by atoms with Crippen LogP contribution in [0.3, 0.4) is 0 Å². The van der Waals surface area contributed by atoms with E-state index >= 15 is 0 Å². The predicted octanol–water partition coefficient (Wildman–Crippen LogP) is 6.30. The van der Waals surface area contributed by atoms with E-state index in [4.69, 9.17) is 0 Å². The van der Waals surface area contributed by atoms with Crippen molar-refractivity contribution in [1.29, 1.82) is 0 Å². The van der Waals surface area contributed by atoms with Crippen LogP contribution in [0, 0.1) is 5.92 Å². The van der Waals surface area contributed by atoms with E-state index in [-0.39, 0.29) is 0 Å². The standard InChI is InChI=1S/C18H36O/c1-3-5-7-9-10-12-15-18(16-13-17-19)14-11-8-6-4-2/h17-18H,3-16H2,1-2H3. The summed E-state index contributed by atoms with van der Waals surface area (Å²) < 4.78 is 0. The summed E-state index contributed by atoms with van der Waals surface area (Å²) in [6, 6.07) is 0. The summed E-state index contributed by atoms with van der Waals surface area (Å²) in [4.78, 5) is 10.5. The number of carbonyl (C=O) groups is 1. The average molecular weight is 268 g/mol. The summed E-state index contributed by atoms with van der Waals surface area (Å²) in [5.41, 5.74) is 0. The van der Waals surface area contributed by atoms with Gasteiger partial charge in [0.2, 0.25) is 0 Å². The molecule has 0 N–H and O–H groups in total. The smallest absolute Gasteiger partial charge is 0.120 e. The molecule has 0 radical (unpaired) electrons. The molecule has 0 aromatic rings. The molecule has 0 aliphatic rings. The van der Waals surface area contributed by atoms with Crippen molar-refractivity contribution >= 4 is 6.29 Å². The molecule has 0 aliphatic heterocycles. The summed E-state index contributed by atoms with van der Waals surface area (Å²) >= 11 is 0. The molecule has 0 spiro atoms. The Morgan fingerprint density at radius 3 is 1.68 bits per heavy atom. The molecule has 0 heterocycles. The van der Waals surface area contributed by atoms with E-state index in [1.165, 1.54) is 77.0 Å². The van der Waals surface area contributed by atoms with Crippen LogP contribution in [0.1, 0.15) is 104 Å². The average Bonchev–Trinajstić information content (AvgIpc) is 2.43. The summed E-state index contributed by atoms with van der Waals surface area (Å²) in [5, 5.41) is 0. The number of aldehydes is 1. The van der Waals surface area contributed by atoms with Crippen molar-refractivity contribution < 1.29 is 4.79 Å². The van der Waals surface area contributed by atoms with Crippen LogP contribution in [-0.2, 0) is 4.79 Å². The van der Waals surface area contributed by atoms with E-state index in [1.54, 1.807) is 0 Å². The lowest BCUT2D eigenvalue weighted by Crippen LogP contribution is -2.01. The summed E-state index contributed by atoms with van der Waals surface area (Å²) in [6.07, 6.45) is 19.5. The molecule has 0 aromatic heterocycles. The maximum atomic E-state index is 10.5. The largest absolute Gasteiger partial charge is 0.303 e. The molecule has 0 bridgehead atoms. The topological polar surface area (TPSA) is 17.1 Å². The zero-order valence-electron chi connectivity index (χ0n) is 13.5. The lowest BCUT2D eigenvalue weighted by atomic mass is 9.90. The van der Waals surface area contributed by atoms with Gasteiger partial charge in [0.25, 0.3) is 0 Å². The SMILES string of the molecule is CCCCCCCCC(CCC=O)CCCCCC. The second-order valence-corrected chi connectivity index (χ2v) is 6.02. The van der Waals surface area contributed by atoms with Gasteiger partial charge in [0.1, 0.15) is 6.29 Å². The predicted molar refractivity (Wildman–Crippen MR) is 85.5 cm³/mol. The van der Waals surface area contributed by atoms with Gasteiger partial charge in [-0.05, 0) is 12.3 Å². The van der Waals surface area contributed by atoms with Crippen molar-refractivity contribution in [2.75, 3.05) is 0 Å². The van der Waals surface area contributed by atoms with E-state index in [2.05, 4.69) is 13.8 Å². The summed E-state index contributed by atoms with van der Waals surface area (Å²) in [6.45, 7) is 4.53. The highest BCUT2D eigenvalue weighted by Crippen LogP contribution is 2.22. The fourth-order valence-electron chi connectivity index (χ4n) is 2.81. The Morgan fingerprint density at radius 1 is 0.684 bits per heavy atom. The highest BCUT2D eigenvalue weighted by Gasteiger charge is 2.08. The number of unbranched alkanes of at least 4 members (excludes halogenated alkanes) is 8. The van der Waals surface area contributed by atoms with Gasteiger partial charge in [0, 0.05) is 6.42 Å². The Kier molecular flexibility index (Phi) is 15.5. The highest BCUT2D eigenvalue weighted by atomic mass is 16.1. The molecule has 19 heavy (non-hydrogen) atoms. The quantitative estimate of drug-likeness (QED) is 0.251. The molecule has 0 fully saturated rings. The molecule has 1 heteroatoms. The highest BCUT2D eigenvalue weighted by molar-refractivity contribution is 5.49. The van der Waals surface area contributed by atoms with Gasteiger partial charge in [-0.25, -0.2) is 0 Å². The van der Waals surface area contributed by atoms with Gasteiger partial charge in [-0.3, -0.25) is 0 Å². The summed E-state index contributed by atoms with van der Waals surface area (Å²) in [7, 11) is 0. The number of carbonyl (C=O) groups excluding carboxylic acids is 1. The van der Waals surface area contributed by atoms with Crippen LogP contribution in [0.4, 0.5) is 0 Å². The third kappa shape index (κ3) is 13.9. The van der Waals surface area contributed by atoms with Gasteiger partial charge in [0.05, 0.1) is 0 Å². The van der Waals surface area contributed by atoms with Crippen molar-refractivity contribution in [2.24, 2.45) is 5.92 Å². The first-order valence-electron chi connectivity index (χ1n) is 8.78. The zero-order valence-corrected chi connectivity index (χ0v) is 13.5. The van der Waals surface area contributed by atoms with E-state index in [9.17, 15) is 4.79 Å². The van der Waals surface area contributed by atoms with Crippen molar-refractivity contribution in [1.82, 2.24) is 0 Å². The number of hydrogen-bond donors (Lipinski definition) is 0. The van der Waals surface area contributed by atoms with E-state index in [0.717, 1.165) is 25.0 Å². The van der Waals surface area contributed by atoms with Crippen LogP contribution in [0.25, 0.3) is 0 Å². The summed E-state index contributed by atoms with van der Waals surface area (Å²) in [5.74, 6) is 0.813. The van der Waals surface area contributed by atoms with Gasteiger partial charge in [-0.1, -0.05) is 90.9 Å². The molecular formula is C18H36O. The van der Waals surface area contributed by atoms with Crippen LogP contribution in [-0.4, -0.2) is 6.29 Å². The molecule has 114 valence electrons. The van der Waals surface area contributed by atoms with Crippen LogP contribution in [0.5, 0.6) is 0 Å². The molecule has 0 saturated heterocycles. The Balaban J connectivity index is 3.57. The number of hydrogen-bond acceptors (Lipinski definition) is 1. The van der Waals surface area contributed by atoms with E-state index in [0.29, 0.717) is 0 Å². The molecule has 0 aliphatic carbocycles. The second kappa shape index (κ2) is 15.7. The van der Waals surface area contributed by atoms with Gasteiger partial charge in [0.15, 0.2) is 0 Å². The molecule has 1 atom stereocenters. The van der Waals surface area contributed by atoms with Gasteiger partial charge >= 0.3 is 0 Å². The van der Waals surface area contributed by atoms with Crippen molar-refractivity contribution in [2.45, 2.75) is 104 Å². The molecule has 0 saturated carbocycles. The Labute approximate surface area is 121 Å². The van der Waals surface area contributed by atoms with Crippen LogP contribution < -0.4 is 0 Å². The Morgan fingerprint density at radius 2 is 1.16 bits per heavy atom. The Bertz CT molecular complexity index is 177. The van der Waals surface area contributed by atoms with Gasteiger partial charge in [-0.15, -0.1) is 0 Å². The lowest BCUT2D eigenvalue weighted by molar-refractivity contribution is -0.108. The van der Waals surface area contributed by atoms with Crippen LogP contribution in [0.15, 0.2) is 0 Å². The fourth-order valence-corrected chi connectivity index (χ4v) is 2.81. The molecular weight excluding hydrogens is 232 g/mol. The minimum absolute atomic E-state index is 0.772. The first-order chi connectivity index (χ1) is 9.35. The first kappa shape index (κ1) is 18.7. The zero-order chi connectivity index (χ0) is 14.2. The minimum Gasteiger partial charge on any atom is -0.303 e. The monoisotopic (exact) mass is 268 g/mol. The molecule has 0 amide bonds. The normalized spacial score (nSPS) is 12.5. The van der Waals surface area contributed by atoms with E-state index in [1.807, 2.05) is 0 Å². The second-order valence-electron chi connectivity index (χ2n) is 6.02. The maximum Gasteiger partial charge on any atom is 0.120 e. The van der Waals surface area contributed by atoms with Crippen LogP contribution >= 0.6 is 0 Å². The third-order valence-corrected chi connectivity index (χ3v) is 4.12. The Hall–Kier alpha value is -0.330. The molecule has 0 rings (SSSR count). The van der Waals surface area contributed by atoms with Crippen molar-refractivity contribution in [3.63, 3.8) is 0 Å². The first-order valence-corrected chi connectivity index (χ1v) is 8.78. The van der Waals surface area contributed by atoms with E-state index < -0.39 is 0 Å². The minimum atomic E-state index is 0.772. The van der Waals surface area contributed by atoms with Crippen molar-refractivity contribution in [3.8, 4) is 0 Å². The van der Waals surface area contributed by atoms with Crippen molar-refractivity contribution in [3.05, 3.63) is 0 Å². The fraction of sp³-hybridized carbons (Fsp3) is 0.944. The maximum absolute atomic E-state index is 10.5. The molecule has 1 nitrogen and oxygen atoms in total. The molecule has 0 aromatic carbocycles. The number of rotatable bonds is 15. The van der Waals surface area contributed by atoms with Gasteiger partial charge in [-0.2, -0.15) is 0 Å². The van der Waals surface area contributed by atoms with Gasteiger partial charge < -0.3 is 4.79 Å². The third-order valence-electron chi connectivity index (χ3n) is 4.12. The van der Waals surface area contributed by atoms with Crippen LogP contribution in [0.2, 0.25) is 0 Å². The lowest BCUT2D eigenvalue weighted by Gasteiger charge is -2.15.